The number of nitrogens with one attached hydrogen (secondary N) is 1. The van der Waals surface area contributed by atoms with Crippen LogP contribution in [0.5, 0.6) is 0 Å². The highest BCUT2D eigenvalue weighted by Crippen LogP contribution is 2.21. The van der Waals surface area contributed by atoms with E-state index >= 15 is 0 Å². The maximum Gasteiger partial charge on any atom is 0.158 e. The SMILES string of the molecule is CCOC(CCN[C@H](CCCN1CCC(C)CC1)c1ccc(F)cc1)OCC. The van der Waals surface area contributed by atoms with Crippen molar-refractivity contribution in [2.24, 2.45) is 5.92 Å². The average molecular weight is 395 g/mol. The van der Waals surface area contributed by atoms with Gasteiger partial charge in [-0.1, -0.05) is 19.1 Å². The molecule has 0 spiro atoms. The monoisotopic (exact) mass is 394 g/mol. The first-order valence-electron chi connectivity index (χ1n) is 11.1. The molecule has 1 fully saturated rings. The molecule has 1 aromatic carbocycles. The second-order valence-corrected chi connectivity index (χ2v) is 7.85. The number of piperidine rings is 1. The van der Waals surface area contributed by atoms with E-state index < -0.39 is 0 Å². The van der Waals surface area contributed by atoms with Crippen molar-refractivity contribution in [3.05, 3.63) is 35.6 Å². The van der Waals surface area contributed by atoms with E-state index in [-0.39, 0.29) is 18.1 Å². The molecule has 0 aliphatic carbocycles. The van der Waals surface area contributed by atoms with Crippen LogP contribution in [-0.2, 0) is 9.47 Å². The van der Waals surface area contributed by atoms with Crippen LogP contribution in [0, 0.1) is 11.7 Å². The smallest absolute Gasteiger partial charge is 0.158 e. The fourth-order valence-corrected chi connectivity index (χ4v) is 3.85. The number of hydrogen-bond acceptors (Lipinski definition) is 4. The van der Waals surface area contributed by atoms with Gasteiger partial charge in [0.25, 0.3) is 0 Å². The van der Waals surface area contributed by atoms with Gasteiger partial charge in [-0.2, -0.15) is 0 Å². The highest BCUT2D eigenvalue weighted by molar-refractivity contribution is 5.19. The topological polar surface area (TPSA) is 33.7 Å². The molecular formula is C23H39FN2O2. The summed E-state index contributed by atoms with van der Waals surface area (Å²) in [6, 6.07) is 7.14. The summed E-state index contributed by atoms with van der Waals surface area (Å²) >= 11 is 0. The molecule has 160 valence electrons. The predicted octanol–water partition coefficient (Wildman–Crippen LogP) is 4.76. The van der Waals surface area contributed by atoms with Crippen molar-refractivity contribution >= 4 is 0 Å². The van der Waals surface area contributed by atoms with E-state index in [1.54, 1.807) is 12.1 Å². The van der Waals surface area contributed by atoms with Crippen molar-refractivity contribution in [2.75, 3.05) is 39.4 Å². The van der Waals surface area contributed by atoms with Gasteiger partial charge in [-0.3, -0.25) is 0 Å². The predicted molar refractivity (Wildman–Crippen MR) is 113 cm³/mol. The Hall–Kier alpha value is -1.01. The first-order chi connectivity index (χ1) is 13.6. The lowest BCUT2D eigenvalue weighted by molar-refractivity contribution is -0.138. The average Bonchev–Trinajstić information content (AvgIpc) is 2.69. The van der Waals surface area contributed by atoms with Gasteiger partial charge in [-0.25, -0.2) is 4.39 Å². The molecule has 1 N–H and O–H groups in total. The van der Waals surface area contributed by atoms with E-state index in [1.807, 2.05) is 26.0 Å². The maximum absolute atomic E-state index is 13.3. The zero-order valence-corrected chi connectivity index (χ0v) is 18.0. The van der Waals surface area contributed by atoms with Gasteiger partial charge in [0.15, 0.2) is 6.29 Å². The van der Waals surface area contributed by atoms with Gasteiger partial charge in [0, 0.05) is 32.2 Å². The third-order valence-corrected chi connectivity index (χ3v) is 5.59. The number of likely N-dealkylation sites (tertiary alicyclic amines) is 1. The molecule has 0 bridgehead atoms. The van der Waals surface area contributed by atoms with E-state index in [0.29, 0.717) is 13.2 Å². The summed E-state index contributed by atoms with van der Waals surface area (Å²) in [4.78, 5) is 2.59. The van der Waals surface area contributed by atoms with Crippen molar-refractivity contribution in [2.45, 2.75) is 65.2 Å². The second-order valence-electron chi connectivity index (χ2n) is 7.85. The van der Waals surface area contributed by atoms with E-state index in [9.17, 15) is 4.39 Å². The molecule has 0 aromatic heterocycles. The first kappa shape index (κ1) is 23.3. The Morgan fingerprint density at radius 2 is 1.71 bits per heavy atom. The molecule has 0 radical (unpaired) electrons. The molecule has 0 amide bonds. The largest absolute Gasteiger partial charge is 0.353 e. The van der Waals surface area contributed by atoms with Crippen molar-refractivity contribution in [3.8, 4) is 0 Å². The fraction of sp³-hybridized carbons (Fsp3) is 0.739. The quantitative estimate of drug-likeness (QED) is 0.489. The minimum atomic E-state index is -0.183. The van der Waals surface area contributed by atoms with Gasteiger partial charge in [0.2, 0.25) is 0 Å². The van der Waals surface area contributed by atoms with E-state index in [2.05, 4.69) is 17.1 Å². The summed E-state index contributed by atoms with van der Waals surface area (Å²) in [6.07, 6.45) is 5.47. The molecular weight excluding hydrogens is 355 g/mol. The minimum Gasteiger partial charge on any atom is -0.353 e. The normalized spacial score (nSPS) is 17.3. The molecule has 1 atom stereocenters. The van der Waals surface area contributed by atoms with E-state index in [0.717, 1.165) is 43.8 Å². The summed E-state index contributed by atoms with van der Waals surface area (Å²) in [5.74, 6) is 0.686. The van der Waals surface area contributed by atoms with E-state index in [4.69, 9.17) is 9.47 Å². The van der Waals surface area contributed by atoms with Gasteiger partial charge in [-0.15, -0.1) is 0 Å². The highest BCUT2D eigenvalue weighted by Gasteiger charge is 2.17. The molecule has 5 heteroatoms. The minimum absolute atomic E-state index is 0.160. The van der Waals surface area contributed by atoms with Crippen LogP contribution in [0.4, 0.5) is 4.39 Å². The summed E-state index contributed by atoms with van der Waals surface area (Å²) in [7, 11) is 0. The van der Waals surface area contributed by atoms with Gasteiger partial charge < -0.3 is 19.7 Å². The molecule has 1 aliphatic heterocycles. The number of halogens is 1. The lowest BCUT2D eigenvalue weighted by Crippen LogP contribution is -2.34. The Balaban J connectivity index is 1.83. The third kappa shape index (κ3) is 8.56. The Kier molecular flexibility index (Phi) is 11.0. The van der Waals surface area contributed by atoms with Crippen LogP contribution in [0.25, 0.3) is 0 Å². The summed E-state index contributed by atoms with van der Waals surface area (Å²) in [5, 5.41) is 3.65. The van der Waals surface area contributed by atoms with Crippen LogP contribution in [0.15, 0.2) is 24.3 Å². The number of nitrogens with zero attached hydrogens (tertiary/aromatic N) is 1. The Morgan fingerprint density at radius 3 is 2.32 bits per heavy atom. The van der Waals surface area contributed by atoms with Crippen LogP contribution in [0.2, 0.25) is 0 Å². The summed E-state index contributed by atoms with van der Waals surface area (Å²) in [6.45, 7) is 12.0. The van der Waals surface area contributed by atoms with Gasteiger partial charge in [0.05, 0.1) is 0 Å². The first-order valence-corrected chi connectivity index (χ1v) is 11.1. The molecule has 28 heavy (non-hydrogen) atoms. The molecule has 0 saturated carbocycles. The maximum atomic E-state index is 13.3. The number of hydrogen-bond donors (Lipinski definition) is 1. The number of ether oxygens (including phenoxy) is 2. The molecule has 1 heterocycles. The Morgan fingerprint density at radius 1 is 1.07 bits per heavy atom. The van der Waals surface area contributed by atoms with Crippen molar-refractivity contribution in [1.82, 2.24) is 10.2 Å². The molecule has 2 rings (SSSR count). The zero-order valence-electron chi connectivity index (χ0n) is 18.0. The van der Waals surface area contributed by atoms with Crippen LogP contribution in [0.3, 0.4) is 0 Å². The second kappa shape index (κ2) is 13.3. The Bertz CT molecular complexity index is 512. The van der Waals surface area contributed by atoms with Crippen molar-refractivity contribution in [1.29, 1.82) is 0 Å². The summed E-state index contributed by atoms with van der Waals surface area (Å²) in [5.41, 5.74) is 1.15. The molecule has 4 nitrogen and oxygen atoms in total. The molecule has 0 unspecified atom stereocenters. The molecule has 1 aliphatic rings. The van der Waals surface area contributed by atoms with Crippen LogP contribution in [-0.4, -0.2) is 50.6 Å². The summed E-state index contributed by atoms with van der Waals surface area (Å²) < 4.78 is 24.6. The van der Waals surface area contributed by atoms with Crippen LogP contribution >= 0.6 is 0 Å². The van der Waals surface area contributed by atoms with Gasteiger partial charge >= 0.3 is 0 Å². The highest BCUT2D eigenvalue weighted by atomic mass is 19.1. The number of benzene rings is 1. The van der Waals surface area contributed by atoms with Gasteiger partial charge in [0.1, 0.15) is 5.82 Å². The fourth-order valence-electron chi connectivity index (χ4n) is 3.85. The lowest BCUT2D eigenvalue weighted by Gasteiger charge is -2.30. The number of rotatable bonds is 13. The Labute approximate surface area is 170 Å². The zero-order chi connectivity index (χ0) is 20.2. The lowest BCUT2D eigenvalue weighted by atomic mass is 9.98. The van der Waals surface area contributed by atoms with Crippen molar-refractivity contribution < 1.29 is 13.9 Å². The van der Waals surface area contributed by atoms with Crippen molar-refractivity contribution in [3.63, 3.8) is 0 Å². The standard InChI is InChI=1S/C23H39FN2O2/c1-4-27-23(28-5-2)12-15-25-22(20-8-10-21(24)11-9-20)7-6-16-26-17-13-19(3)14-18-26/h8-11,19,22-23,25H,4-7,12-18H2,1-3H3/t22-/m1/s1. The molecule has 1 saturated heterocycles. The van der Waals surface area contributed by atoms with E-state index in [1.165, 1.54) is 25.9 Å². The molecule has 1 aromatic rings. The van der Waals surface area contributed by atoms with Gasteiger partial charge in [-0.05, 0) is 82.8 Å². The third-order valence-electron chi connectivity index (χ3n) is 5.59. The van der Waals surface area contributed by atoms with Crippen LogP contribution < -0.4 is 5.32 Å². The van der Waals surface area contributed by atoms with Crippen LogP contribution in [0.1, 0.15) is 64.5 Å².